The molecule has 4 aromatic rings. The lowest BCUT2D eigenvalue weighted by molar-refractivity contribution is -0.115. The molecule has 3 aromatic carbocycles. The Morgan fingerprint density at radius 2 is 1.61 bits per heavy atom. The van der Waals surface area contributed by atoms with Gasteiger partial charge in [0.2, 0.25) is 5.91 Å². The van der Waals surface area contributed by atoms with Gasteiger partial charge in [-0.2, -0.15) is 0 Å². The third-order valence-electron chi connectivity index (χ3n) is 5.12. The molecule has 0 spiro atoms. The van der Waals surface area contributed by atoms with Gasteiger partial charge in [0.1, 0.15) is 0 Å². The normalized spacial score (nSPS) is 12.4. The van der Waals surface area contributed by atoms with Crippen LogP contribution >= 0.6 is 23.5 Å². The molecule has 2 heterocycles. The maximum absolute atomic E-state index is 13.4. The Morgan fingerprint density at radius 1 is 0.935 bits per heavy atom. The average molecular weight is 445 g/mol. The zero-order valence-corrected chi connectivity index (χ0v) is 18.8. The topological polar surface area (TPSA) is 51.0 Å². The number of aryl methyl sites for hydroxylation is 1. The van der Waals surface area contributed by atoms with Crippen molar-refractivity contribution in [1.82, 2.24) is 14.8 Å². The van der Waals surface area contributed by atoms with Gasteiger partial charge in [-0.1, -0.05) is 71.6 Å². The van der Waals surface area contributed by atoms with Crippen LogP contribution in [0.4, 0.5) is 11.4 Å². The van der Waals surface area contributed by atoms with Crippen LogP contribution in [0.5, 0.6) is 0 Å². The third kappa shape index (κ3) is 3.75. The number of carbonyl (C=O) groups excluding carboxylic acids is 1. The Kier molecular flexibility index (Phi) is 5.29. The van der Waals surface area contributed by atoms with Crippen LogP contribution in [0, 0.1) is 6.92 Å². The summed E-state index contributed by atoms with van der Waals surface area (Å²) in [5.74, 6) is 1.08. The van der Waals surface area contributed by atoms with Crippen molar-refractivity contribution in [2.24, 2.45) is 7.05 Å². The van der Waals surface area contributed by atoms with Gasteiger partial charge < -0.3 is 4.57 Å². The van der Waals surface area contributed by atoms with Crippen LogP contribution in [-0.2, 0) is 11.8 Å². The number of fused-ring (bicyclic) bond motifs is 2. The molecular weight excluding hydrogens is 424 g/mol. The van der Waals surface area contributed by atoms with Crippen LogP contribution in [0.25, 0.3) is 11.4 Å². The van der Waals surface area contributed by atoms with Crippen LogP contribution < -0.4 is 4.90 Å². The molecule has 1 amide bonds. The predicted molar refractivity (Wildman–Crippen MR) is 126 cm³/mol. The number of thioether (sulfide) groups is 1. The molecule has 5 rings (SSSR count). The largest absolute Gasteiger partial charge is 0.305 e. The second-order valence-electron chi connectivity index (χ2n) is 7.29. The molecule has 154 valence electrons. The summed E-state index contributed by atoms with van der Waals surface area (Å²) in [6.45, 7) is 2.06. The Morgan fingerprint density at radius 3 is 2.29 bits per heavy atom. The van der Waals surface area contributed by atoms with Gasteiger partial charge in [-0.05, 0) is 37.3 Å². The lowest BCUT2D eigenvalue weighted by Gasteiger charge is -2.30. The van der Waals surface area contributed by atoms with Crippen molar-refractivity contribution in [3.63, 3.8) is 0 Å². The first-order valence-electron chi connectivity index (χ1n) is 9.90. The highest BCUT2D eigenvalue weighted by Crippen LogP contribution is 2.48. The van der Waals surface area contributed by atoms with E-state index >= 15 is 0 Å². The Hall–Kier alpha value is -3.03. The van der Waals surface area contributed by atoms with Crippen molar-refractivity contribution >= 4 is 40.8 Å². The molecule has 0 unspecified atom stereocenters. The molecule has 0 radical (unpaired) electrons. The van der Waals surface area contributed by atoms with E-state index in [2.05, 4.69) is 41.4 Å². The zero-order chi connectivity index (χ0) is 21.4. The highest BCUT2D eigenvalue weighted by molar-refractivity contribution is 8.00. The summed E-state index contributed by atoms with van der Waals surface area (Å²) in [5.41, 5.74) is 4.04. The van der Waals surface area contributed by atoms with E-state index in [1.54, 1.807) is 11.8 Å². The second-order valence-corrected chi connectivity index (χ2v) is 9.32. The number of benzene rings is 3. The fraction of sp³-hybridized carbons (Fsp3) is 0.125. The Labute approximate surface area is 189 Å². The highest BCUT2D eigenvalue weighted by Gasteiger charge is 2.28. The SMILES string of the molecule is Cc1cccc(-c2nnc(SCC(=O)N3c4ccccc4Sc4ccccc43)n2C)c1. The van der Waals surface area contributed by atoms with E-state index in [0.29, 0.717) is 0 Å². The molecule has 0 aliphatic carbocycles. The fourth-order valence-electron chi connectivity index (χ4n) is 3.64. The van der Waals surface area contributed by atoms with E-state index in [0.717, 1.165) is 37.7 Å². The van der Waals surface area contributed by atoms with Crippen molar-refractivity contribution in [1.29, 1.82) is 0 Å². The lowest BCUT2D eigenvalue weighted by Crippen LogP contribution is -2.30. The summed E-state index contributed by atoms with van der Waals surface area (Å²) >= 11 is 3.10. The Balaban J connectivity index is 1.40. The summed E-state index contributed by atoms with van der Waals surface area (Å²) in [5, 5.41) is 9.40. The molecule has 0 saturated carbocycles. The molecule has 1 aliphatic heterocycles. The summed E-state index contributed by atoms with van der Waals surface area (Å²) in [7, 11) is 1.94. The van der Waals surface area contributed by atoms with Crippen molar-refractivity contribution in [2.45, 2.75) is 21.9 Å². The van der Waals surface area contributed by atoms with Gasteiger partial charge in [0, 0.05) is 22.4 Å². The van der Waals surface area contributed by atoms with Crippen LogP contribution in [0.15, 0.2) is 87.7 Å². The van der Waals surface area contributed by atoms with Gasteiger partial charge in [0.15, 0.2) is 11.0 Å². The quantitative estimate of drug-likeness (QED) is 0.377. The molecule has 0 fully saturated rings. The number of amides is 1. The smallest absolute Gasteiger partial charge is 0.242 e. The van der Waals surface area contributed by atoms with Gasteiger partial charge in [-0.25, -0.2) is 0 Å². The van der Waals surface area contributed by atoms with E-state index in [-0.39, 0.29) is 11.7 Å². The molecule has 7 heteroatoms. The first-order valence-corrected chi connectivity index (χ1v) is 11.7. The number of aromatic nitrogens is 3. The van der Waals surface area contributed by atoms with Gasteiger partial charge in [-0.15, -0.1) is 10.2 Å². The molecular formula is C24H20N4OS2. The minimum Gasteiger partial charge on any atom is -0.305 e. The predicted octanol–water partition coefficient (Wildman–Crippen LogP) is 5.71. The van der Waals surface area contributed by atoms with Crippen molar-refractivity contribution < 1.29 is 4.79 Å². The van der Waals surface area contributed by atoms with Crippen molar-refractivity contribution in [2.75, 3.05) is 10.7 Å². The lowest BCUT2D eigenvalue weighted by atomic mass is 10.1. The zero-order valence-electron chi connectivity index (χ0n) is 17.1. The highest BCUT2D eigenvalue weighted by atomic mass is 32.2. The summed E-state index contributed by atoms with van der Waals surface area (Å²) in [6.07, 6.45) is 0. The number of rotatable bonds is 4. The summed E-state index contributed by atoms with van der Waals surface area (Å²) in [4.78, 5) is 17.4. The molecule has 5 nitrogen and oxygen atoms in total. The third-order valence-corrected chi connectivity index (χ3v) is 7.25. The minimum absolute atomic E-state index is 0.0188. The van der Waals surface area contributed by atoms with Gasteiger partial charge in [0.05, 0.1) is 17.1 Å². The molecule has 31 heavy (non-hydrogen) atoms. The standard InChI is InChI=1S/C24H20N4OS2/c1-16-8-7-9-17(14-16)23-25-26-24(27(23)2)30-15-22(29)28-18-10-3-5-12-20(18)31-21-13-6-4-11-19(21)28/h3-14H,15H2,1-2H3. The van der Waals surface area contributed by atoms with Crippen LogP contribution in [0.2, 0.25) is 0 Å². The first kappa shape index (κ1) is 19.9. The van der Waals surface area contributed by atoms with E-state index < -0.39 is 0 Å². The van der Waals surface area contributed by atoms with Gasteiger partial charge in [0.25, 0.3) is 0 Å². The van der Waals surface area contributed by atoms with Crippen molar-refractivity contribution in [3.8, 4) is 11.4 Å². The monoisotopic (exact) mass is 444 g/mol. The number of para-hydroxylation sites is 2. The number of anilines is 2. The van der Waals surface area contributed by atoms with Crippen LogP contribution in [0.3, 0.4) is 0 Å². The second kappa shape index (κ2) is 8.24. The molecule has 0 atom stereocenters. The van der Waals surface area contributed by atoms with Crippen molar-refractivity contribution in [3.05, 3.63) is 78.4 Å². The molecule has 0 saturated heterocycles. The van der Waals surface area contributed by atoms with E-state index in [1.807, 2.05) is 65.0 Å². The van der Waals surface area contributed by atoms with E-state index in [1.165, 1.54) is 17.3 Å². The Bertz CT molecular complexity index is 1240. The molecule has 1 aliphatic rings. The first-order chi connectivity index (χ1) is 15.1. The number of nitrogens with zero attached hydrogens (tertiary/aromatic N) is 4. The number of hydrogen-bond acceptors (Lipinski definition) is 5. The number of carbonyl (C=O) groups is 1. The molecule has 0 N–H and O–H groups in total. The van der Waals surface area contributed by atoms with Gasteiger partial charge >= 0.3 is 0 Å². The van der Waals surface area contributed by atoms with Crippen LogP contribution in [0.1, 0.15) is 5.56 Å². The van der Waals surface area contributed by atoms with Gasteiger partial charge in [-0.3, -0.25) is 9.69 Å². The molecule has 0 bridgehead atoms. The molecule has 1 aromatic heterocycles. The maximum Gasteiger partial charge on any atom is 0.242 e. The van der Waals surface area contributed by atoms with Crippen LogP contribution in [-0.4, -0.2) is 26.4 Å². The minimum atomic E-state index is 0.0188. The summed E-state index contributed by atoms with van der Waals surface area (Å²) in [6, 6.07) is 24.2. The summed E-state index contributed by atoms with van der Waals surface area (Å²) < 4.78 is 1.95. The van der Waals surface area contributed by atoms with E-state index in [4.69, 9.17) is 0 Å². The average Bonchev–Trinajstić information content (AvgIpc) is 3.16. The maximum atomic E-state index is 13.4. The fourth-order valence-corrected chi connectivity index (χ4v) is 5.46. The van der Waals surface area contributed by atoms with E-state index in [9.17, 15) is 4.79 Å². The number of hydrogen-bond donors (Lipinski definition) is 0.